The quantitative estimate of drug-likeness (QED) is 0.860. The van der Waals surface area contributed by atoms with Crippen molar-refractivity contribution in [2.24, 2.45) is 5.73 Å². The summed E-state index contributed by atoms with van der Waals surface area (Å²) in [4.78, 5) is 4.78. The van der Waals surface area contributed by atoms with E-state index in [9.17, 15) is 0 Å². The summed E-state index contributed by atoms with van der Waals surface area (Å²) < 4.78 is 2.27. The average molecular weight is 229 g/mol. The van der Waals surface area contributed by atoms with Gasteiger partial charge in [-0.05, 0) is 50.8 Å². The molecule has 1 aliphatic carbocycles. The molecular formula is C14H19N3. The Bertz CT molecular complexity index is 564. The minimum absolute atomic E-state index is 0.178. The van der Waals surface area contributed by atoms with Crippen LogP contribution < -0.4 is 5.73 Å². The molecule has 0 atom stereocenters. The SMILES string of the molecule is CCn1c(C2(N)CCC2)nc2cc(C)ccc21. The topological polar surface area (TPSA) is 43.8 Å². The first-order valence-electron chi connectivity index (χ1n) is 6.40. The summed E-state index contributed by atoms with van der Waals surface area (Å²) in [7, 11) is 0. The van der Waals surface area contributed by atoms with Gasteiger partial charge in [0.05, 0.1) is 16.6 Å². The molecule has 90 valence electrons. The van der Waals surface area contributed by atoms with Gasteiger partial charge in [-0.3, -0.25) is 0 Å². The monoisotopic (exact) mass is 229 g/mol. The van der Waals surface area contributed by atoms with Crippen LogP contribution in [0.4, 0.5) is 0 Å². The number of nitrogens with two attached hydrogens (primary N) is 1. The number of hydrogen-bond donors (Lipinski definition) is 1. The molecule has 0 unspecified atom stereocenters. The lowest BCUT2D eigenvalue weighted by atomic mass is 9.77. The van der Waals surface area contributed by atoms with Gasteiger partial charge in [-0.25, -0.2) is 4.98 Å². The Balaban J connectivity index is 2.24. The molecule has 3 nitrogen and oxygen atoms in total. The fourth-order valence-corrected chi connectivity index (χ4v) is 2.72. The van der Waals surface area contributed by atoms with Crippen LogP contribution in [0.25, 0.3) is 11.0 Å². The van der Waals surface area contributed by atoms with Crippen LogP contribution >= 0.6 is 0 Å². The number of aryl methyl sites for hydroxylation is 2. The van der Waals surface area contributed by atoms with E-state index < -0.39 is 0 Å². The second-order valence-corrected chi connectivity index (χ2v) is 5.18. The van der Waals surface area contributed by atoms with Crippen LogP contribution in [0.2, 0.25) is 0 Å². The number of rotatable bonds is 2. The van der Waals surface area contributed by atoms with Crippen LogP contribution in [0.5, 0.6) is 0 Å². The molecule has 2 aromatic rings. The fourth-order valence-electron chi connectivity index (χ4n) is 2.72. The van der Waals surface area contributed by atoms with Gasteiger partial charge < -0.3 is 10.3 Å². The summed E-state index contributed by atoms with van der Waals surface area (Å²) in [6.45, 7) is 5.20. The van der Waals surface area contributed by atoms with Gasteiger partial charge in [-0.15, -0.1) is 0 Å². The zero-order valence-electron chi connectivity index (χ0n) is 10.5. The van der Waals surface area contributed by atoms with E-state index in [-0.39, 0.29) is 5.54 Å². The van der Waals surface area contributed by atoms with Gasteiger partial charge in [0.2, 0.25) is 0 Å². The maximum Gasteiger partial charge on any atom is 0.130 e. The van der Waals surface area contributed by atoms with E-state index in [4.69, 9.17) is 10.7 Å². The van der Waals surface area contributed by atoms with Crippen LogP contribution in [0.1, 0.15) is 37.6 Å². The summed E-state index contributed by atoms with van der Waals surface area (Å²) >= 11 is 0. The normalized spacial score (nSPS) is 18.3. The lowest BCUT2D eigenvalue weighted by molar-refractivity contribution is 0.232. The molecule has 1 saturated carbocycles. The molecule has 3 rings (SSSR count). The zero-order valence-corrected chi connectivity index (χ0v) is 10.5. The molecule has 1 aromatic carbocycles. The van der Waals surface area contributed by atoms with E-state index in [1.54, 1.807) is 0 Å². The smallest absolute Gasteiger partial charge is 0.130 e. The predicted molar refractivity (Wildman–Crippen MR) is 69.9 cm³/mol. The van der Waals surface area contributed by atoms with Gasteiger partial charge in [-0.1, -0.05) is 6.07 Å². The van der Waals surface area contributed by atoms with E-state index in [1.165, 1.54) is 17.5 Å². The standard InChI is InChI=1S/C14H19N3/c1-3-17-12-6-5-10(2)9-11(12)16-13(17)14(15)7-4-8-14/h5-6,9H,3-4,7-8,15H2,1-2H3. The van der Waals surface area contributed by atoms with Crippen molar-refractivity contribution in [2.75, 3.05) is 0 Å². The van der Waals surface area contributed by atoms with Gasteiger partial charge in [0.1, 0.15) is 5.82 Å². The Hall–Kier alpha value is -1.35. The third kappa shape index (κ3) is 1.49. The minimum Gasteiger partial charge on any atom is -0.327 e. The first-order chi connectivity index (χ1) is 8.14. The van der Waals surface area contributed by atoms with Gasteiger partial charge >= 0.3 is 0 Å². The third-order valence-corrected chi connectivity index (χ3v) is 3.91. The number of aromatic nitrogens is 2. The molecule has 1 fully saturated rings. The van der Waals surface area contributed by atoms with Crippen molar-refractivity contribution < 1.29 is 0 Å². The number of hydrogen-bond acceptors (Lipinski definition) is 2. The first kappa shape index (κ1) is 10.8. The molecule has 1 aliphatic rings. The highest BCUT2D eigenvalue weighted by molar-refractivity contribution is 5.77. The maximum atomic E-state index is 6.42. The Labute approximate surface area is 102 Å². The average Bonchev–Trinajstić information content (AvgIpc) is 2.63. The summed E-state index contributed by atoms with van der Waals surface area (Å²) in [5.74, 6) is 1.08. The second-order valence-electron chi connectivity index (χ2n) is 5.18. The summed E-state index contributed by atoms with van der Waals surface area (Å²) in [5, 5.41) is 0. The summed E-state index contributed by atoms with van der Waals surface area (Å²) in [5.41, 5.74) is 9.79. The largest absolute Gasteiger partial charge is 0.327 e. The van der Waals surface area contributed by atoms with Gasteiger partial charge in [0.25, 0.3) is 0 Å². The molecular weight excluding hydrogens is 210 g/mol. The minimum atomic E-state index is -0.178. The molecule has 0 bridgehead atoms. The van der Waals surface area contributed by atoms with Gasteiger partial charge in [0.15, 0.2) is 0 Å². The molecule has 0 amide bonds. The molecule has 0 saturated heterocycles. The lowest BCUT2D eigenvalue weighted by Gasteiger charge is -2.37. The lowest BCUT2D eigenvalue weighted by Crippen LogP contribution is -2.45. The second kappa shape index (κ2) is 3.57. The Morgan fingerprint density at radius 1 is 1.41 bits per heavy atom. The van der Waals surface area contributed by atoms with E-state index in [0.29, 0.717) is 0 Å². The molecule has 0 aliphatic heterocycles. The maximum absolute atomic E-state index is 6.42. The van der Waals surface area contributed by atoms with Crippen molar-refractivity contribution in [1.82, 2.24) is 9.55 Å². The number of nitrogens with zero attached hydrogens (tertiary/aromatic N) is 2. The first-order valence-corrected chi connectivity index (χ1v) is 6.40. The Kier molecular flexibility index (Phi) is 2.26. The van der Waals surface area contributed by atoms with Crippen molar-refractivity contribution >= 4 is 11.0 Å². The van der Waals surface area contributed by atoms with E-state index in [2.05, 4.69) is 36.6 Å². The number of fused-ring (bicyclic) bond motifs is 1. The Morgan fingerprint density at radius 2 is 2.18 bits per heavy atom. The van der Waals surface area contributed by atoms with Crippen LogP contribution in [-0.2, 0) is 12.1 Å². The molecule has 0 radical (unpaired) electrons. The van der Waals surface area contributed by atoms with E-state index in [0.717, 1.165) is 30.7 Å². The molecule has 0 spiro atoms. The molecule has 2 N–H and O–H groups in total. The third-order valence-electron chi connectivity index (χ3n) is 3.91. The molecule has 1 aromatic heterocycles. The summed E-state index contributed by atoms with van der Waals surface area (Å²) in [6.07, 6.45) is 3.35. The number of imidazole rings is 1. The van der Waals surface area contributed by atoms with Crippen molar-refractivity contribution in [3.8, 4) is 0 Å². The van der Waals surface area contributed by atoms with Gasteiger partial charge in [0, 0.05) is 6.54 Å². The molecule has 3 heteroatoms. The highest BCUT2D eigenvalue weighted by atomic mass is 15.1. The molecule has 17 heavy (non-hydrogen) atoms. The molecule has 1 heterocycles. The van der Waals surface area contributed by atoms with Crippen LogP contribution in [0, 0.1) is 6.92 Å². The fraction of sp³-hybridized carbons (Fsp3) is 0.500. The van der Waals surface area contributed by atoms with Crippen LogP contribution in [0.15, 0.2) is 18.2 Å². The Morgan fingerprint density at radius 3 is 2.76 bits per heavy atom. The van der Waals surface area contributed by atoms with E-state index in [1.807, 2.05) is 0 Å². The zero-order chi connectivity index (χ0) is 12.0. The van der Waals surface area contributed by atoms with Crippen molar-refractivity contribution in [3.63, 3.8) is 0 Å². The van der Waals surface area contributed by atoms with Crippen molar-refractivity contribution in [1.29, 1.82) is 0 Å². The highest BCUT2D eigenvalue weighted by Crippen LogP contribution is 2.39. The van der Waals surface area contributed by atoms with Gasteiger partial charge in [-0.2, -0.15) is 0 Å². The predicted octanol–water partition coefficient (Wildman–Crippen LogP) is 2.70. The van der Waals surface area contributed by atoms with Crippen LogP contribution in [0.3, 0.4) is 0 Å². The summed E-state index contributed by atoms with van der Waals surface area (Å²) in [6, 6.07) is 6.45. The van der Waals surface area contributed by atoms with E-state index >= 15 is 0 Å². The number of benzene rings is 1. The highest BCUT2D eigenvalue weighted by Gasteiger charge is 2.38. The van der Waals surface area contributed by atoms with Crippen molar-refractivity contribution in [2.45, 2.75) is 45.2 Å². The van der Waals surface area contributed by atoms with Crippen LogP contribution in [-0.4, -0.2) is 9.55 Å². The van der Waals surface area contributed by atoms with Crippen molar-refractivity contribution in [3.05, 3.63) is 29.6 Å².